The molecule has 1 heterocycles. The van der Waals surface area contributed by atoms with Gasteiger partial charge in [-0.2, -0.15) is 0 Å². The molecule has 36 heavy (non-hydrogen) atoms. The number of furan rings is 1. The summed E-state index contributed by atoms with van der Waals surface area (Å²) in [5, 5.41) is 3.17. The van der Waals surface area contributed by atoms with Crippen molar-refractivity contribution in [2.75, 3.05) is 25.7 Å². The molecule has 8 nitrogen and oxygen atoms in total. The first kappa shape index (κ1) is 25.2. The highest BCUT2D eigenvalue weighted by atomic mass is 16.5. The number of nitrogens with zero attached hydrogens (tertiary/aromatic N) is 1. The van der Waals surface area contributed by atoms with Crippen molar-refractivity contribution in [3.05, 3.63) is 72.2 Å². The summed E-state index contributed by atoms with van der Waals surface area (Å²) in [6, 6.07) is 14.7. The Labute approximate surface area is 211 Å². The molecule has 1 aliphatic carbocycles. The summed E-state index contributed by atoms with van der Waals surface area (Å²) in [4.78, 5) is 29.1. The Bertz CT molecular complexity index is 1150. The lowest BCUT2D eigenvalue weighted by atomic mass is 10.0. The Morgan fingerprint density at radius 2 is 1.75 bits per heavy atom. The van der Waals surface area contributed by atoms with Gasteiger partial charge in [0.25, 0.3) is 5.91 Å². The van der Waals surface area contributed by atoms with Gasteiger partial charge in [0.1, 0.15) is 11.8 Å². The third kappa shape index (κ3) is 5.48. The van der Waals surface area contributed by atoms with E-state index in [4.69, 9.17) is 18.6 Å². The number of hydrogen-bond acceptors (Lipinski definition) is 6. The average molecular weight is 493 g/mol. The Morgan fingerprint density at radius 1 is 1.03 bits per heavy atom. The van der Waals surface area contributed by atoms with E-state index in [1.165, 1.54) is 18.3 Å². The molecule has 0 bridgehead atoms. The minimum atomic E-state index is -0.961. The molecule has 2 aromatic carbocycles. The van der Waals surface area contributed by atoms with Crippen molar-refractivity contribution in [3.63, 3.8) is 0 Å². The highest BCUT2D eigenvalue weighted by Crippen LogP contribution is 2.37. The summed E-state index contributed by atoms with van der Waals surface area (Å²) in [6.07, 6.45) is 5.42. The van der Waals surface area contributed by atoms with Gasteiger partial charge in [-0.05, 0) is 61.7 Å². The zero-order chi connectivity index (χ0) is 25.5. The summed E-state index contributed by atoms with van der Waals surface area (Å²) < 4.78 is 21.9. The summed E-state index contributed by atoms with van der Waals surface area (Å²) in [7, 11) is 3.07. The third-order valence-corrected chi connectivity index (χ3v) is 6.31. The molecule has 0 spiro atoms. The molecule has 8 heteroatoms. The topological polar surface area (TPSA) is 90.2 Å². The summed E-state index contributed by atoms with van der Waals surface area (Å²) in [6.45, 7) is 2.44. The summed E-state index contributed by atoms with van der Waals surface area (Å²) in [5.74, 6) is 1.04. The smallest absolute Gasteiger partial charge is 0.294 e. The molecule has 4 rings (SSSR count). The lowest BCUT2D eigenvalue weighted by Crippen LogP contribution is -2.46. The first-order valence-electron chi connectivity index (χ1n) is 12.2. The molecule has 0 aliphatic heterocycles. The number of amides is 2. The average Bonchev–Trinajstić information content (AvgIpc) is 3.62. The molecule has 3 aromatic rings. The molecule has 0 radical (unpaired) electrons. The van der Waals surface area contributed by atoms with Gasteiger partial charge in [-0.1, -0.05) is 25.0 Å². The number of carbonyl (C=O) groups is 2. The lowest BCUT2D eigenvalue weighted by Gasteiger charge is -2.32. The number of benzene rings is 2. The van der Waals surface area contributed by atoms with Gasteiger partial charge >= 0.3 is 0 Å². The van der Waals surface area contributed by atoms with Crippen molar-refractivity contribution in [3.8, 4) is 17.2 Å². The molecular formula is C28H32N2O6. The van der Waals surface area contributed by atoms with E-state index < -0.39 is 11.9 Å². The summed E-state index contributed by atoms with van der Waals surface area (Å²) in [5.41, 5.74) is 1.11. The number of anilines is 1. The monoisotopic (exact) mass is 492 g/mol. The van der Waals surface area contributed by atoms with E-state index in [2.05, 4.69) is 5.32 Å². The molecule has 1 atom stereocenters. The molecule has 2 amide bonds. The molecule has 1 N–H and O–H groups in total. The summed E-state index contributed by atoms with van der Waals surface area (Å²) >= 11 is 0. The third-order valence-electron chi connectivity index (χ3n) is 6.31. The fraction of sp³-hybridized carbons (Fsp3) is 0.357. The van der Waals surface area contributed by atoms with E-state index in [1.807, 2.05) is 19.1 Å². The molecule has 190 valence electrons. The number of rotatable bonds is 10. The minimum absolute atomic E-state index is 0.0775. The number of hydrogen-bond donors (Lipinski definition) is 1. The quantitative estimate of drug-likeness (QED) is 0.421. The lowest BCUT2D eigenvalue weighted by molar-refractivity contribution is -0.123. The normalized spacial score (nSPS) is 14.2. The van der Waals surface area contributed by atoms with Gasteiger partial charge in [0.2, 0.25) is 5.91 Å². The number of nitrogens with one attached hydrogen (secondary N) is 1. The minimum Gasteiger partial charge on any atom is -0.494 e. The van der Waals surface area contributed by atoms with Crippen LogP contribution in [0, 0.1) is 0 Å². The Kier molecular flexibility index (Phi) is 8.15. The second-order valence-electron chi connectivity index (χ2n) is 8.59. The maximum Gasteiger partial charge on any atom is 0.294 e. The van der Waals surface area contributed by atoms with E-state index in [9.17, 15) is 9.59 Å². The van der Waals surface area contributed by atoms with Crippen LogP contribution in [0.3, 0.4) is 0 Å². The van der Waals surface area contributed by atoms with Crippen molar-refractivity contribution in [2.45, 2.75) is 44.7 Å². The fourth-order valence-corrected chi connectivity index (χ4v) is 4.56. The predicted octanol–water partition coefficient (Wildman–Crippen LogP) is 5.14. The van der Waals surface area contributed by atoms with Crippen LogP contribution in [-0.4, -0.2) is 38.7 Å². The van der Waals surface area contributed by atoms with Gasteiger partial charge in [-0.3, -0.25) is 14.5 Å². The molecule has 0 saturated heterocycles. The molecular weight excluding hydrogens is 460 g/mol. The second kappa shape index (κ2) is 11.7. The second-order valence-corrected chi connectivity index (χ2v) is 8.59. The first-order chi connectivity index (χ1) is 17.5. The van der Waals surface area contributed by atoms with E-state index in [-0.39, 0.29) is 17.7 Å². The zero-order valence-corrected chi connectivity index (χ0v) is 20.9. The zero-order valence-electron chi connectivity index (χ0n) is 20.9. The molecule has 1 saturated carbocycles. The Balaban J connectivity index is 1.82. The Hall–Kier alpha value is -3.94. The molecule has 1 fully saturated rings. The van der Waals surface area contributed by atoms with Gasteiger partial charge in [-0.15, -0.1) is 0 Å². The van der Waals surface area contributed by atoms with Crippen LogP contribution in [0.15, 0.2) is 65.3 Å². The molecule has 1 aliphatic rings. The standard InChI is InChI=1S/C28H32N2O6/c1-4-35-22-14-11-19(12-15-22)26(27(31)29-20-8-5-6-9-20)30(28(32)24-10-7-17-36-24)21-13-16-23(33-2)25(18-21)34-3/h7,10-18,20,26H,4-6,8-9H2,1-3H3,(H,29,31)/t26-/m0/s1. The fourth-order valence-electron chi connectivity index (χ4n) is 4.56. The highest BCUT2D eigenvalue weighted by molar-refractivity contribution is 6.08. The van der Waals surface area contributed by atoms with Crippen LogP contribution >= 0.6 is 0 Å². The van der Waals surface area contributed by atoms with Crippen molar-refractivity contribution in [1.82, 2.24) is 5.32 Å². The van der Waals surface area contributed by atoms with E-state index in [0.717, 1.165) is 25.7 Å². The van der Waals surface area contributed by atoms with Crippen molar-refractivity contribution in [2.24, 2.45) is 0 Å². The number of methoxy groups -OCH3 is 2. The van der Waals surface area contributed by atoms with Crippen molar-refractivity contribution in [1.29, 1.82) is 0 Å². The van der Waals surface area contributed by atoms with Crippen LogP contribution in [0.5, 0.6) is 17.2 Å². The molecule has 1 aromatic heterocycles. The maximum atomic E-state index is 13.9. The first-order valence-corrected chi connectivity index (χ1v) is 12.2. The van der Waals surface area contributed by atoms with Gasteiger partial charge in [0.05, 0.1) is 27.1 Å². The van der Waals surface area contributed by atoms with Gasteiger partial charge in [0, 0.05) is 17.8 Å². The predicted molar refractivity (Wildman–Crippen MR) is 136 cm³/mol. The number of carbonyl (C=O) groups excluding carboxylic acids is 2. The van der Waals surface area contributed by atoms with E-state index >= 15 is 0 Å². The van der Waals surface area contributed by atoms with Gasteiger partial charge < -0.3 is 23.9 Å². The highest BCUT2D eigenvalue weighted by Gasteiger charge is 2.36. The largest absolute Gasteiger partial charge is 0.494 e. The number of ether oxygens (including phenoxy) is 3. The van der Waals surface area contributed by atoms with Crippen LogP contribution in [0.25, 0.3) is 0 Å². The van der Waals surface area contributed by atoms with Crippen LogP contribution in [-0.2, 0) is 4.79 Å². The van der Waals surface area contributed by atoms with Crippen LogP contribution in [0.4, 0.5) is 5.69 Å². The van der Waals surface area contributed by atoms with E-state index in [1.54, 1.807) is 49.6 Å². The van der Waals surface area contributed by atoms with Crippen molar-refractivity contribution < 1.29 is 28.2 Å². The van der Waals surface area contributed by atoms with E-state index in [0.29, 0.717) is 35.1 Å². The SMILES string of the molecule is CCOc1ccc([C@@H](C(=O)NC2CCCC2)N(C(=O)c2ccco2)c2ccc(OC)c(OC)c2)cc1. The molecule has 0 unspecified atom stereocenters. The Morgan fingerprint density at radius 3 is 2.36 bits per heavy atom. The maximum absolute atomic E-state index is 13.9. The van der Waals surface area contributed by atoms with Gasteiger partial charge in [-0.25, -0.2) is 0 Å². The van der Waals surface area contributed by atoms with Crippen molar-refractivity contribution >= 4 is 17.5 Å². The van der Waals surface area contributed by atoms with Gasteiger partial charge in [0.15, 0.2) is 17.3 Å². The van der Waals surface area contributed by atoms with Crippen LogP contribution in [0.1, 0.15) is 54.8 Å². The van der Waals surface area contributed by atoms with Crippen LogP contribution in [0.2, 0.25) is 0 Å². The van der Waals surface area contributed by atoms with Crippen LogP contribution < -0.4 is 24.4 Å².